The van der Waals surface area contributed by atoms with Crippen molar-refractivity contribution in [3.63, 3.8) is 0 Å². The monoisotopic (exact) mass is 336 g/mol. The first kappa shape index (κ1) is 18.3. The molecule has 0 aliphatic carbocycles. The molecule has 0 saturated carbocycles. The number of hydrogen-bond donors (Lipinski definition) is 1. The quantitative estimate of drug-likeness (QED) is 0.612. The molecule has 1 saturated heterocycles. The van der Waals surface area contributed by atoms with Gasteiger partial charge in [-0.3, -0.25) is 4.79 Å². The molecule has 0 radical (unpaired) electrons. The van der Waals surface area contributed by atoms with Gasteiger partial charge in [-0.1, -0.05) is 0 Å². The Bertz CT molecular complexity index is 620. The van der Waals surface area contributed by atoms with Crippen molar-refractivity contribution in [3.8, 4) is 0 Å². The van der Waals surface area contributed by atoms with E-state index in [2.05, 4.69) is 15.3 Å². The number of nitrogens with one attached hydrogen (secondary N) is 1. The average Bonchev–Trinajstić information content (AvgIpc) is 2.53. The zero-order chi connectivity index (χ0) is 17.7. The van der Waals surface area contributed by atoms with Gasteiger partial charge in [0.05, 0.1) is 12.3 Å². The molecule has 1 fully saturated rings. The minimum Gasteiger partial charge on any atom is -0.460 e. The maximum absolute atomic E-state index is 12.9. The number of hydrogen-bond acceptors (Lipinski definition) is 7. The normalized spacial score (nSPS) is 17.7. The molecule has 1 atom stereocenters. The second kappa shape index (κ2) is 8.16. The van der Waals surface area contributed by atoms with E-state index >= 15 is 0 Å². The fourth-order valence-corrected chi connectivity index (χ4v) is 2.67. The third-order valence-electron chi connectivity index (χ3n) is 3.79. The van der Waals surface area contributed by atoms with Gasteiger partial charge in [-0.25, -0.2) is 14.8 Å². The van der Waals surface area contributed by atoms with Gasteiger partial charge in [0.25, 0.3) is 5.91 Å². The lowest BCUT2D eigenvalue weighted by Gasteiger charge is -2.32. The van der Waals surface area contributed by atoms with Crippen molar-refractivity contribution in [3.05, 3.63) is 22.8 Å². The van der Waals surface area contributed by atoms with Crippen molar-refractivity contribution < 1.29 is 19.1 Å². The first-order valence-electron chi connectivity index (χ1n) is 7.98. The van der Waals surface area contributed by atoms with Gasteiger partial charge in [0.1, 0.15) is 23.7 Å². The number of piperazine rings is 1. The van der Waals surface area contributed by atoms with E-state index in [1.54, 1.807) is 18.7 Å². The predicted molar refractivity (Wildman–Crippen MR) is 87.0 cm³/mol. The Balaban J connectivity index is 2.30. The highest BCUT2D eigenvalue weighted by Gasteiger charge is 2.29. The zero-order valence-corrected chi connectivity index (χ0v) is 14.6. The summed E-state index contributed by atoms with van der Waals surface area (Å²) in [5.74, 6) is -0.417. The third kappa shape index (κ3) is 4.27. The number of nitrogens with zero attached hydrogens (tertiary/aromatic N) is 3. The molecule has 132 valence electrons. The van der Waals surface area contributed by atoms with E-state index in [1.807, 2.05) is 6.92 Å². The summed E-state index contributed by atoms with van der Waals surface area (Å²) in [5.41, 5.74) is 0.681. The van der Waals surface area contributed by atoms with Gasteiger partial charge in [0, 0.05) is 32.8 Å². The zero-order valence-electron chi connectivity index (χ0n) is 14.6. The van der Waals surface area contributed by atoms with Crippen LogP contribution in [0.3, 0.4) is 0 Å². The first-order valence-corrected chi connectivity index (χ1v) is 7.98. The van der Waals surface area contributed by atoms with Crippen molar-refractivity contribution in [2.75, 3.05) is 40.0 Å². The van der Waals surface area contributed by atoms with Crippen molar-refractivity contribution in [2.24, 2.45) is 0 Å². The number of esters is 1. The molecule has 1 aliphatic rings. The summed E-state index contributed by atoms with van der Waals surface area (Å²) in [6.45, 7) is 7.64. The van der Waals surface area contributed by atoms with Crippen molar-refractivity contribution >= 4 is 11.9 Å². The van der Waals surface area contributed by atoms with Gasteiger partial charge in [-0.05, 0) is 20.8 Å². The minimum atomic E-state index is -0.601. The summed E-state index contributed by atoms with van der Waals surface area (Å²) in [6.07, 6.45) is 0. The van der Waals surface area contributed by atoms with Crippen molar-refractivity contribution in [1.82, 2.24) is 20.2 Å². The van der Waals surface area contributed by atoms with Crippen molar-refractivity contribution in [2.45, 2.75) is 26.8 Å². The number of amides is 1. The van der Waals surface area contributed by atoms with Crippen LogP contribution in [0.4, 0.5) is 0 Å². The standard InChI is InChI=1S/C16H24N4O4/c1-10-9-20(6-5-17-10)15(21)14-13(11(2)18-12(3)19-14)16(22)24-8-7-23-4/h10,17H,5-9H2,1-4H3. The van der Waals surface area contributed by atoms with E-state index < -0.39 is 5.97 Å². The molecule has 1 N–H and O–H groups in total. The summed E-state index contributed by atoms with van der Waals surface area (Å²) in [4.78, 5) is 35.4. The molecule has 2 heterocycles. The van der Waals surface area contributed by atoms with Crippen LogP contribution in [0.5, 0.6) is 0 Å². The minimum absolute atomic E-state index is 0.108. The maximum Gasteiger partial charge on any atom is 0.342 e. The lowest BCUT2D eigenvalue weighted by molar-refractivity contribution is 0.0380. The number of aryl methyl sites for hydroxylation is 2. The van der Waals surface area contributed by atoms with Crippen LogP contribution in [0.15, 0.2) is 0 Å². The van der Waals surface area contributed by atoms with E-state index in [0.29, 0.717) is 31.2 Å². The first-order chi connectivity index (χ1) is 11.4. The molecule has 8 nitrogen and oxygen atoms in total. The molecule has 0 spiro atoms. The van der Waals surface area contributed by atoms with Gasteiger partial charge in [-0.2, -0.15) is 0 Å². The number of carbonyl (C=O) groups is 2. The van der Waals surface area contributed by atoms with E-state index in [-0.39, 0.29) is 36.4 Å². The Hall–Kier alpha value is -2.06. The lowest BCUT2D eigenvalue weighted by Crippen LogP contribution is -2.51. The number of carbonyl (C=O) groups excluding carboxylic acids is 2. The number of rotatable bonds is 5. The van der Waals surface area contributed by atoms with Gasteiger partial charge >= 0.3 is 5.97 Å². The molecule has 24 heavy (non-hydrogen) atoms. The highest BCUT2D eigenvalue weighted by molar-refractivity contribution is 6.04. The number of aromatic nitrogens is 2. The van der Waals surface area contributed by atoms with E-state index in [0.717, 1.165) is 0 Å². The molecule has 1 amide bonds. The van der Waals surface area contributed by atoms with Crippen LogP contribution in [-0.2, 0) is 9.47 Å². The molecular formula is C16H24N4O4. The van der Waals surface area contributed by atoms with E-state index in [4.69, 9.17) is 9.47 Å². The van der Waals surface area contributed by atoms with Crippen LogP contribution in [0.25, 0.3) is 0 Å². The highest BCUT2D eigenvalue weighted by Crippen LogP contribution is 2.16. The number of ether oxygens (including phenoxy) is 2. The Morgan fingerprint density at radius 2 is 2.04 bits per heavy atom. The SMILES string of the molecule is COCCOC(=O)c1c(C)nc(C)nc1C(=O)N1CCNC(C)C1. The van der Waals surface area contributed by atoms with Crippen LogP contribution in [0.2, 0.25) is 0 Å². The summed E-state index contributed by atoms with van der Waals surface area (Å²) < 4.78 is 10.0. The largest absolute Gasteiger partial charge is 0.460 e. The second-order valence-corrected chi connectivity index (χ2v) is 5.81. The Labute approximate surface area is 141 Å². The Kier molecular flexibility index (Phi) is 6.22. The predicted octanol–water partition coefficient (Wildman–Crippen LogP) is 0.331. The van der Waals surface area contributed by atoms with Gasteiger partial charge in [0.15, 0.2) is 0 Å². The Morgan fingerprint density at radius 3 is 2.71 bits per heavy atom. The average molecular weight is 336 g/mol. The molecule has 1 aromatic heterocycles. The fourth-order valence-electron chi connectivity index (χ4n) is 2.67. The lowest BCUT2D eigenvalue weighted by atomic mass is 10.1. The molecule has 1 aromatic rings. The molecule has 8 heteroatoms. The van der Waals surface area contributed by atoms with Crippen LogP contribution < -0.4 is 5.32 Å². The van der Waals surface area contributed by atoms with Gasteiger partial charge in [0.2, 0.25) is 0 Å². The van der Waals surface area contributed by atoms with Crippen LogP contribution in [0.1, 0.15) is 39.3 Å². The third-order valence-corrected chi connectivity index (χ3v) is 3.79. The smallest absolute Gasteiger partial charge is 0.342 e. The van der Waals surface area contributed by atoms with Crippen molar-refractivity contribution in [1.29, 1.82) is 0 Å². The summed E-state index contributed by atoms with van der Waals surface area (Å²) >= 11 is 0. The summed E-state index contributed by atoms with van der Waals surface area (Å²) in [5, 5.41) is 3.28. The maximum atomic E-state index is 12.9. The van der Waals surface area contributed by atoms with Gasteiger partial charge < -0.3 is 19.7 Å². The van der Waals surface area contributed by atoms with Crippen LogP contribution in [-0.4, -0.2) is 72.7 Å². The second-order valence-electron chi connectivity index (χ2n) is 5.81. The topological polar surface area (TPSA) is 93.6 Å². The van der Waals surface area contributed by atoms with E-state index in [9.17, 15) is 9.59 Å². The number of methoxy groups -OCH3 is 1. The summed E-state index contributed by atoms with van der Waals surface area (Å²) in [7, 11) is 1.52. The van der Waals surface area contributed by atoms with E-state index in [1.165, 1.54) is 7.11 Å². The molecule has 0 aromatic carbocycles. The molecule has 1 aliphatic heterocycles. The van der Waals surface area contributed by atoms with Gasteiger partial charge in [-0.15, -0.1) is 0 Å². The molecular weight excluding hydrogens is 312 g/mol. The summed E-state index contributed by atoms with van der Waals surface area (Å²) in [6, 6.07) is 0.198. The molecule has 1 unspecified atom stereocenters. The fraction of sp³-hybridized carbons (Fsp3) is 0.625. The molecule has 0 bridgehead atoms. The highest BCUT2D eigenvalue weighted by atomic mass is 16.6. The molecule has 2 rings (SSSR count). The van der Waals surface area contributed by atoms with Crippen LogP contribution in [0, 0.1) is 13.8 Å². The van der Waals surface area contributed by atoms with Crippen LogP contribution >= 0.6 is 0 Å². The Morgan fingerprint density at radius 1 is 1.29 bits per heavy atom.